The van der Waals surface area contributed by atoms with E-state index in [1.165, 1.54) is 22.5 Å². The van der Waals surface area contributed by atoms with Gasteiger partial charge >= 0.3 is 10.2 Å². The number of anilines is 1. The van der Waals surface area contributed by atoms with Crippen molar-refractivity contribution in [3.05, 3.63) is 41.5 Å². The lowest BCUT2D eigenvalue weighted by Crippen LogP contribution is -2.48. The van der Waals surface area contributed by atoms with Crippen molar-refractivity contribution in [3.8, 4) is 5.88 Å². The molecule has 13 heteroatoms. The van der Waals surface area contributed by atoms with Crippen LogP contribution in [0.15, 0.2) is 29.4 Å². The number of nitrogens with zero attached hydrogens (tertiary/aromatic N) is 3. The van der Waals surface area contributed by atoms with Gasteiger partial charge in [-0.25, -0.2) is 13.8 Å². The second-order valence-electron chi connectivity index (χ2n) is 6.56. The first-order valence-corrected chi connectivity index (χ1v) is 12.0. The number of benzene rings is 1. The summed E-state index contributed by atoms with van der Waals surface area (Å²) in [7, 11) is -3.84. The summed E-state index contributed by atoms with van der Waals surface area (Å²) >= 11 is 1.01. The predicted molar refractivity (Wildman–Crippen MR) is 112 cm³/mol. The van der Waals surface area contributed by atoms with Crippen molar-refractivity contribution < 1.29 is 27.0 Å². The van der Waals surface area contributed by atoms with Crippen molar-refractivity contribution in [2.75, 3.05) is 44.1 Å². The van der Waals surface area contributed by atoms with Crippen LogP contribution in [0.25, 0.3) is 0 Å². The van der Waals surface area contributed by atoms with E-state index in [2.05, 4.69) is 20.0 Å². The minimum atomic E-state index is -3.84. The molecule has 0 aliphatic carbocycles. The Labute approximate surface area is 183 Å². The average molecular weight is 476 g/mol. The highest BCUT2D eigenvalue weighted by Gasteiger charge is 2.24. The number of aliphatic hydroxyl groups is 1. The zero-order valence-corrected chi connectivity index (χ0v) is 18.2. The number of piperazine rings is 1. The molecule has 1 aromatic carbocycles. The third-order valence-electron chi connectivity index (χ3n) is 4.27. The highest BCUT2D eigenvalue weighted by atomic mass is 32.2. The summed E-state index contributed by atoms with van der Waals surface area (Å²) in [5.41, 5.74) is 0.128. The number of halogens is 2. The van der Waals surface area contributed by atoms with Crippen LogP contribution >= 0.6 is 11.8 Å². The van der Waals surface area contributed by atoms with Gasteiger partial charge < -0.3 is 15.2 Å². The maximum atomic E-state index is 13.9. The Balaban J connectivity index is 1.79. The van der Waals surface area contributed by atoms with Crippen LogP contribution in [-0.4, -0.2) is 67.2 Å². The highest BCUT2D eigenvalue weighted by molar-refractivity contribution is 7.98. The van der Waals surface area contributed by atoms with Crippen LogP contribution in [0.3, 0.4) is 0 Å². The molecule has 0 unspecified atom stereocenters. The number of nitrogens with one attached hydrogen (secondary N) is 2. The normalized spacial score (nSPS) is 15.1. The average Bonchev–Trinajstić information content (AvgIpc) is 2.75. The van der Waals surface area contributed by atoms with E-state index in [4.69, 9.17) is 9.84 Å². The van der Waals surface area contributed by atoms with Gasteiger partial charge in [0.1, 0.15) is 5.82 Å². The fourth-order valence-corrected chi connectivity index (χ4v) is 4.71. The van der Waals surface area contributed by atoms with Gasteiger partial charge in [0, 0.05) is 56.6 Å². The van der Waals surface area contributed by atoms with Gasteiger partial charge in [-0.15, -0.1) is 0 Å². The molecule has 0 radical (unpaired) electrons. The number of ether oxygens (including phenoxy) is 1. The fourth-order valence-electron chi connectivity index (χ4n) is 2.72. The monoisotopic (exact) mass is 475 g/mol. The molecule has 170 valence electrons. The Morgan fingerprint density at radius 2 is 2.03 bits per heavy atom. The van der Waals surface area contributed by atoms with Crippen LogP contribution < -0.4 is 14.8 Å². The van der Waals surface area contributed by atoms with Crippen molar-refractivity contribution in [2.45, 2.75) is 17.3 Å². The van der Waals surface area contributed by atoms with E-state index in [-0.39, 0.29) is 41.4 Å². The van der Waals surface area contributed by atoms with Crippen LogP contribution in [0, 0.1) is 11.6 Å². The molecule has 0 atom stereocenters. The van der Waals surface area contributed by atoms with Gasteiger partial charge in [-0.1, -0.05) is 23.9 Å². The van der Waals surface area contributed by atoms with Crippen molar-refractivity contribution in [1.29, 1.82) is 0 Å². The lowest BCUT2D eigenvalue weighted by molar-refractivity contribution is 0.228. The Kier molecular flexibility index (Phi) is 8.37. The molecule has 1 aromatic heterocycles. The number of aromatic nitrogens is 2. The van der Waals surface area contributed by atoms with Crippen LogP contribution in [0.4, 0.5) is 14.6 Å². The molecule has 2 aromatic rings. The van der Waals surface area contributed by atoms with E-state index >= 15 is 0 Å². The molecular formula is C18H23F2N5O4S2. The summed E-state index contributed by atoms with van der Waals surface area (Å²) in [5.74, 6) is -1.78. The Morgan fingerprint density at radius 3 is 2.77 bits per heavy atom. The number of hydrogen-bond acceptors (Lipinski definition) is 8. The fraction of sp³-hybridized carbons (Fsp3) is 0.444. The van der Waals surface area contributed by atoms with Crippen molar-refractivity contribution in [2.24, 2.45) is 0 Å². The van der Waals surface area contributed by atoms with Crippen molar-refractivity contribution in [3.63, 3.8) is 0 Å². The van der Waals surface area contributed by atoms with Gasteiger partial charge in [-0.05, 0) is 6.07 Å². The summed E-state index contributed by atoms with van der Waals surface area (Å²) in [6, 6.07) is 5.21. The summed E-state index contributed by atoms with van der Waals surface area (Å²) in [5, 5.41) is 12.1. The molecule has 1 saturated heterocycles. The van der Waals surface area contributed by atoms with E-state index in [1.807, 2.05) is 0 Å². The molecule has 0 saturated carbocycles. The molecule has 2 heterocycles. The van der Waals surface area contributed by atoms with Gasteiger partial charge in [0.05, 0.1) is 6.61 Å². The Hall–Kier alpha value is -2.06. The third-order valence-corrected chi connectivity index (χ3v) is 6.68. The van der Waals surface area contributed by atoms with Crippen molar-refractivity contribution >= 4 is 27.8 Å². The quantitative estimate of drug-likeness (QED) is 0.268. The molecule has 31 heavy (non-hydrogen) atoms. The van der Waals surface area contributed by atoms with Gasteiger partial charge in [-0.3, -0.25) is 4.72 Å². The van der Waals surface area contributed by atoms with Crippen LogP contribution in [0.5, 0.6) is 5.88 Å². The van der Waals surface area contributed by atoms with E-state index in [0.717, 1.165) is 17.8 Å². The highest BCUT2D eigenvalue weighted by Crippen LogP contribution is 2.26. The molecular weight excluding hydrogens is 452 g/mol. The maximum Gasteiger partial charge on any atom is 0.302 e. The van der Waals surface area contributed by atoms with E-state index in [1.54, 1.807) is 0 Å². The van der Waals surface area contributed by atoms with E-state index in [0.29, 0.717) is 32.6 Å². The number of aliphatic hydroxyl groups excluding tert-OH is 1. The maximum absolute atomic E-state index is 13.9. The Morgan fingerprint density at radius 1 is 1.26 bits per heavy atom. The lowest BCUT2D eigenvalue weighted by Gasteiger charge is -2.26. The van der Waals surface area contributed by atoms with Crippen molar-refractivity contribution in [1.82, 2.24) is 19.6 Å². The molecule has 0 bridgehead atoms. The summed E-state index contributed by atoms with van der Waals surface area (Å²) in [6.07, 6.45) is 0.364. The zero-order valence-electron chi connectivity index (χ0n) is 16.6. The summed E-state index contributed by atoms with van der Waals surface area (Å²) in [6.45, 7) is 1.82. The Bertz CT molecular complexity index is 991. The predicted octanol–water partition coefficient (Wildman–Crippen LogP) is 1.37. The van der Waals surface area contributed by atoms with Gasteiger partial charge in [0.25, 0.3) is 0 Å². The second-order valence-corrected chi connectivity index (χ2v) is 9.17. The third kappa shape index (κ3) is 6.71. The van der Waals surface area contributed by atoms with Gasteiger partial charge in [0.15, 0.2) is 16.8 Å². The van der Waals surface area contributed by atoms with E-state index in [9.17, 15) is 17.2 Å². The van der Waals surface area contributed by atoms with Crippen LogP contribution in [-0.2, 0) is 16.0 Å². The van der Waals surface area contributed by atoms with E-state index < -0.39 is 21.8 Å². The number of thioether (sulfide) groups is 1. The molecule has 0 amide bonds. The smallest absolute Gasteiger partial charge is 0.302 e. The molecule has 9 nitrogen and oxygen atoms in total. The first kappa shape index (κ1) is 23.6. The lowest BCUT2D eigenvalue weighted by atomic mass is 10.2. The molecule has 3 rings (SSSR count). The summed E-state index contributed by atoms with van der Waals surface area (Å²) in [4.78, 5) is 8.37. The number of hydrogen-bond donors (Lipinski definition) is 3. The first-order chi connectivity index (χ1) is 14.9. The standard InChI is InChI=1S/C18H23F2N5O4S2/c19-14-4-1-3-13(17(14)20)12-30-18-22-15(11-16(23-18)29-10-2-9-26)24-31(27,28)25-7-5-21-6-8-25/h1,3-4,11,21,26H,2,5-10,12H2,(H,22,23,24). The van der Waals surface area contributed by atoms with Gasteiger partial charge in [0.2, 0.25) is 5.88 Å². The second kappa shape index (κ2) is 11.0. The summed E-state index contributed by atoms with van der Waals surface area (Å²) < 4.78 is 61.8. The largest absolute Gasteiger partial charge is 0.477 e. The molecule has 3 N–H and O–H groups in total. The zero-order chi connectivity index (χ0) is 22.3. The first-order valence-electron chi connectivity index (χ1n) is 9.56. The minimum Gasteiger partial charge on any atom is -0.477 e. The number of rotatable bonds is 10. The van der Waals surface area contributed by atoms with Gasteiger partial charge in [-0.2, -0.15) is 17.7 Å². The molecule has 1 fully saturated rings. The van der Waals surface area contributed by atoms with Crippen LogP contribution in [0.2, 0.25) is 0 Å². The SMILES string of the molecule is O=S(=O)(Nc1cc(OCCCO)nc(SCc2cccc(F)c2F)n1)N1CCNCC1. The minimum absolute atomic E-state index is 0.00487. The molecule has 0 spiro atoms. The molecule has 1 aliphatic rings. The topological polar surface area (TPSA) is 117 Å². The van der Waals surface area contributed by atoms with Crippen LogP contribution in [0.1, 0.15) is 12.0 Å². The molecule has 1 aliphatic heterocycles.